The van der Waals surface area contributed by atoms with Gasteiger partial charge in [0.15, 0.2) is 5.82 Å². The first-order valence-corrected chi connectivity index (χ1v) is 7.67. The largest absolute Gasteiger partial charge is 0.250 e. The van der Waals surface area contributed by atoms with Crippen LogP contribution in [-0.4, -0.2) is 15.0 Å². The lowest BCUT2D eigenvalue weighted by molar-refractivity contribution is 1.18. The Hall–Kier alpha value is -0.940. The highest BCUT2D eigenvalue weighted by Gasteiger charge is 2.16. The van der Waals surface area contributed by atoms with Crippen molar-refractivity contribution in [1.82, 2.24) is 15.0 Å². The summed E-state index contributed by atoms with van der Waals surface area (Å²) in [6, 6.07) is 1.61. The Kier molecular flexibility index (Phi) is 3.58. The molecule has 3 aromatic rings. The third kappa shape index (κ3) is 2.27. The van der Waals surface area contributed by atoms with Crippen LogP contribution in [0.15, 0.2) is 12.3 Å². The molecule has 3 aromatic heterocycles. The van der Waals surface area contributed by atoms with E-state index in [2.05, 4.69) is 15.0 Å². The molecule has 0 amide bonds. The number of pyridine rings is 1. The Morgan fingerprint density at radius 3 is 2.55 bits per heavy atom. The van der Waals surface area contributed by atoms with Gasteiger partial charge in [0.2, 0.25) is 0 Å². The molecule has 0 bridgehead atoms. The van der Waals surface area contributed by atoms with Crippen LogP contribution in [0, 0.1) is 13.8 Å². The number of hydrogen-bond donors (Lipinski definition) is 0. The van der Waals surface area contributed by atoms with Gasteiger partial charge in [0.05, 0.1) is 15.4 Å². The van der Waals surface area contributed by atoms with Crippen LogP contribution in [0.1, 0.15) is 10.4 Å². The molecule has 0 radical (unpaired) electrons. The van der Waals surface area contributed by atoms with Crippen molar-refractivity contribution in [3.63, 3.8) is 0 Å². The molecule has 7 heteroatoms. The highest BCUT2D eigenvalue weighted by atomic mass is 35.5. The van der Waals surface area contributed by atoms with Gasteiger partial charge in [0.25, 0.3) is 0 Å². The summed E-state index contributed by atoms with van der Waals surface area (Å²) in [6.07, 6.45) is 1.51. The van der Waals surface area contributed by atoms with Crippen LogP contribution >= 0.6 is 46.1 Å². The van der Waals surface area contributed by atoms with Crippen molar-refractivity contribution >= 4 is 56.4 Å². The van der Waals surface area contributed by atoms with Gasteiger partial charge in [-0.05, 0) is 25.5 Å². The molecule has 0 aromatic carbocycles. The van der Waals surface area contributed by atoms with E-state index in [0.717, 1.165) is 15.8 Å². The zero-order valence-electron chi connectivity index (χ0n) is 10.5. The Morgan fingerprint density at radius 1 is 1.10 bits per heavy atom. The molecule has 0 fully saturated rings. The quantitative estimate of drug-likeness (QED) is 0.560. The normalized spacial score (nSPS) is 11.2. The van der Waals surface area contributed by atoms with Crippen molar-refractivity contribution in [3.8, 4) is 11.5 Å². The summed E-state index contributed by atoms with van der Waals surface area (Å²) in [7, 11) is 0. The third-order valence-electron chi connectivity index (χ3n) is 3.00. The van der Waals surface area contributed by atoms with Crippen molar-refractivity contribution in [1.29, 1.82) is 0 Å². The molecule has 0 saturated carbocycles. The lowest BCUT2D eigenvalue weighted by atomic mass is 10.2. The van der Waals surface area contributed by atoms with Gasteiger partial charge in [-0.15, -0.1) is 11.3 Å². The van der Waals surface area contributed by atoms with Gasteiger partial charge in [-0.1, -0.05) is 34.8 Å². The molecule has 0 aliphatic heterocycles. The van der Waals surface area contributed by atoms with E-state index in [1.54, 1.807) is 17.4 Å². The van der Waals surface area contributed by atoms with Crippen molar-refractivity contribution < 1.29 is 0 Å². The van der Waals surface area contributed by atoms with Crippen molar-refractivity contribution in [2.45, 2.75) is 13.8 Å². The maximum Gasteiger partial charge on any atom is 0.182 e. The first-order chi connectivity index (χ1) is 9.47. The summed E-state index contributed by atoms with van der Waals surface area (Å²) >= 11 is 19.8. The number of hydrogen-bond acceptors (Lipinski definition) is 4. The van der Waals surface area contributed by atoms with Crippen LogP contribution < -0.4 is 0 Å². The van der Waals surface area contributed by atoms with E-state index in [9.17, 15) is 0 Å². The minimum absolute atomic E-state index is 0.401. The first-order valence-electron chi connectivity index (χ1n) is 5.72. The van der Waals surface area contributed by atoms with Crippen LogP contribution in [-0.2, 0) is 0 Å². The van der Waals surface area contributed by atoms with E-state index in [1.807, 2.05) is 13.8 Å². The Morgan fingerprint density at radius 2 is 1.85 bits per heavy atom. The second kappa shape index (κ2) is 5.11. The topological polar surface area (TPSA) is 38.7 Å². The summed E-state index contributed by atoms with van der Waals surface area (Å²) in [5, 5.41) is 2.18. The van der Waals surface area contributed by atoms with Crippen molar-refractivity contribution in [2.75, 3.05) is 0 Å². The van der Waals surface area contributed by atoms with Gasteiger partial charge >= 0.3 is 0 Å². The summed E-state index contributed by atoms with van der Waals surface area (Å²) in [4.78, 5) is 15.0. The number of halogens is 3. The second-order valence-electron chi connectivity index (χ2n) is 4.29. The van der Waals surface area contributed by atoms with Gasteiger partial charge < -0.3 is 0 Å². The van der Waals surface area contributed by atoms with Crippen LogP contribution in [0.25, 0.3) is 21.7 Å². The molecule has 0 unspecified atom stereocenters. The van der Waals surface area contributed by atoms with Crippen molar-refractivity contribution in [3.05, 3.63) is 37.9 Å². The summed E-state index contributed by atoms with van der Waals surface area (Å²) in [5.74, 6) is 0.408. The average Bonchev–Trinajstić information content (AvgIpc) is 2.65. The Balaban J connectivity index is 2.27. The first kappa shape index (κ1) is 14.0. The number of aromatic nitrogens is 3. The lowest BCUT2D eigenvalue weighted by Crippen LogP contribution is -1.94. The number of fused-ring (bicyclic) bond motifs is 1. The second-order valence-corrected chi connectivity index (χ2v) is 6.69. The fourth-order valence-corrected chi connectivity index (χ4v) is 3.75. The zero-order chi connectivity index (χ0) is 14.4. The van der Waals surface area contributed by atoms with E-state index in [1.165, 1.54) is 11.1 Å². The molecule has 3 heterocycles. The molecule has 20 heavy (non-hydrogen) atoms. The highest BCUT2D eigenvalue weighted by Crippen LogP contribution is 2.35. The molecule has 3 rings (SSSR count). The van der Waals surface area contributed by atoms with E-state index in [4.69, 9.17) is 34.8 Å². The Labute approximate surface area is 134 Å². The van der Waals surface area contributed by atoms with Crippen LogP contribution in [0.5, 0.6) is 0 Å². The summed E-state index contributed by atoms with van der Waals surface area (Å²) < 4.78 is 0. The fraction of sp³-hybridized carbons (Fsp3) is 0.154. The van der Waals surface area contributed by atoms with Crippen LogP contribution in [0.2, 0.25) is 15.2 Å². The summed E-state index contributed by atoms with van der Waals surface area (Å²) in [6.45, 7) is 4.04. The standard InChI is InChI=1S/C13H8Cl3N3S/c1-5-6(2)20-13-9(5)11(16)18-12(19-13)10-8(15)3-7(14)4-17-10/h3-4H,1-2H3. The third-order valence-corrected chi connectivity index (χ3v) is 4.87. The molecule has 0 spiro atoms. The van der Waals surface area contributed by atoms with Gasteiger partial charge in [-0.25, -0.2) is 15.0 Å². The van der Waals surface area contributed by atoms with E-state index < -0.39 is 0 Å². The maximum absolute atomic E-state index is 6.27. The van der Waals surface area contributed by atoms with E-state index in [0.29, 0.717) is 26.7 Å². The minimum atomic E-state index is 0.401. The van der Waals surface area contributed by atoms with Gasteiger partial charge in [0, 0.05) is 11.1 Å². The lowest BCUT2D eigenvalue weighted by Gasteiger charge is -2.04. The van der Waals surface area contributed by atoms with E-state index in [-0.39, 0.29) is 0 Å². The van der Waals surface area contributed by atoms with Gasteiger partial charge in [0.1, 0.15) is 15.7 Å². The molecular formula is C13H8Cl3N3S. The summed E-state index contributed by atoms with van der Waals surface area (Å²) in [5.41, 5.74) is 1.58. The SMILES string of the molecule is Cc1sc2nc(-c3ncc(Cl)cc3Cl)nc(Cl)c2c1C. The molecule has 102 valence electrons. The Bertz CT molecular complexity index is 829. The molecular weight excluding hydrogens is 337 g/mol. The maximum atomic E-state index is 6.27. The number of aryl methyl sites for hydroxylation is 2. The molecule has 0 atom stereocenters. The van der Waals surface area contributed by atoms with Gasteiger partial charge in [-0.2, -0.15) is 0 Å². The monoisotopic (exact) mass is 343 g/mol. The van der Waals surface area contributed by atoms with Crippen LogP contribution in [0.3, 0.4) is 0 Å². The predicted molar refractivity (Wildman–Crippen MR) is 85.2 cm³/mol. The number of nitrogens with zero attached hydrogens (tertiary/aromatic N) is 3. The highest BCUT2D eigenvalue weighted by molar-refractivity contribution is 7.18. The predicted octanol–water partition coefficient (Wildman–Crippen LogP) is 5.33. The van der Waals surface area contributed by atoms with Crippen LogP contribution in [0.4, 0.5) is 0 Å². The van der Waals surface area contributed by atoms with Crippen molar-refractivity contribution in [2.24, 2.45) is 0 Å². The zero-order valence-corrected chi connectivity index (χ0v) is 13.6. The minimum Gasteiger partial charge on any atom is -0.250 e. The number of thiophene rings is 1. The van der Waals surface area contributed by atoms with E-state index >= 15 is 0 Å². The molecule has 0 saturated heterocycles. The molecule has 0 aliphatic rings. The number of rotatable bonds is 1. The fourth-order valence-electron chi connectivity index (χ4n) is 1.89. The average molecular weight is 345 g/mol. The molecule has 0 aliphatic carbocycles. The van der Waals surface area contributed by atoms with Gasteiger partial charge in [-0.3, -0.25) is 0 Å². The molecule has 3 nitrogen and oxygen atoms in total. The molecule has 0 N–H and O–H groups in total. The smallest absolute Gasteiger partial charge is 0.182 e.